The van der Waals surface area contributed by atoms with Gasteiger partial charge in [0.25, 0.3) is 11.8 Å². The largest absolute Gasteiger partial charge is 0.482 e. The monoisotopic (exact) mass is 339 g/mol. The summed E-state index contributed by atoms with van der Waals surface area (Å²) in [6.45, 7) is 0.510. The minimum Gasteiger partial charge on any atom is -0.482 e. The number of benzene rings is 2. The van der Waals surface area contributed by atoms with Gasteiger partial charge in [-0.3, -0.25) is 9.59 Å². The van der Waals surface area contributed by atoms with Crippen molar-refractivity contribution >= 4 is 23.2 Å². The van der Waals surface area contributed by atoms with Crippen molar-refractivity contribution in [1.82, 2.24) is 4.90 Å². The number of fused-ring (bicyclic) bond motifs is 1. The third kappa shape index (κ3) is 3.74. The Labute approximate surface area is 147 Å². The van der Waals surface area contributed by atoms with Crippen LogP contribution >= 0.6 is 0 Å². The second kappa shape index (κ2) is 6.84. The molecule has 130 valence electrons. The average Bonchev–Trinajstić information content (AvgIpc) is 2.60. The van der Waals surface area contributed by atoms with Gasteiger partial charge in [-0.05, 0) is 35.9 Å². The van der Waals surface area contributed by atoms with Gasteiger partial charge in [0, 0.05) is 38.9 Å². The van der Waals surface area contributed by atoms with Gasteiger partial charge in [0.05, 0.1) is 5.69 Å². The SMILES string of the molecule is CN(Cc1ccc(N(C)C)cc1)C(=O)c1ccc2c(c1)NC(=O)CO2. The molecule has 1 N–H and O–H groups in total. The molecule has 6 heteroatoms. The number of nitrogens with one attached hydrogen (secondary N) is 1. The summed E-state index contributed by atoms with van der Waals surface area (Å²) in [7, 11) is 5.74. The Morgan fingerprint density at radius 2 is 1.84 bits per heavy atom. The van der Waals surface area contributed by atoms with E-state index >= 15 is 0 Å². The van der Waals surface area contributed by atoms with Crippen LogP contribution in [0.5, 0.6) is 5.75 Å². The molecule has 0 atom stereocenters. The van der Waals surface area contributed by atoms with Crippen molar-refractivity contribution in [1.29, 1.82) is 0 Å². The van der Waals surface area contributed by atoms with Gasteiger partial charge in [-0.2, -0.15) is 0 Å². The molecular formula is C19H21N3O3. The van der Waals surface area contributed by atoms with Gasteiger partial charge in [-0.15, -0.1) is 0 Å². The molecule has 0 spiro atoms. The van der Waals surface area contributed by atoms with Crippen LogP contribution in [0, 0.1) is 0 Å². The highest BCUT2D eigenvalue weighted by atomic mass is 16.5. The van der Waals surface area contributed by atoms with Gasteiger partial charge in [0.2, 0.25) is 0 Å². The lowest BCUT2D eigenvalue weighted by Crippen LogP contribution is -2.28. The Bertz CT molecular complexity index is 800. The predicted molar refractivity (Wildman–Crippen MR) is 97.1 cm³/mol. The van der Waals surface area contributed by atoms with E-state index in [9.17, 15) is 9.59 Å². The number of amides is 2. The maximum absolute atomic E-state index is 12.7. The topological polar surface area (TPSA) is 61.9 Å². The Hall–Kier alpha value is -3.02. The zero-order chi connectivity index (χ0) is 18.0. The fourth-order valence-corrected chi connectivity index (χ4v) is 2.68. The standard InChI is InChI=1S/C19H21N3O3/c1-21(2)15-7-4-13(5-8-15)11-22(3)19(24)14-6-9-17-16(10-14)20-18(23)12-25-17/h4-10H,11-12H2,1-3H3,(H,20,23). The van der Waals surface area contributed by atoms with E-state index in [1.54, 1.807) is 30.1 Å². The number of carbonyl (C=O) groups excluding carboxylic acids is 2. The lowest BCUT2D eigenvalue weighted by molar-refractivity contribution is -0.118. The van der Waals surface area contributed by atoms with E-state index in [2.05, 4.69) is 5.32 Å². The lowest BCUT2D eigenvalue weighted by atomic mass is 10.1. The van der Waals surface area contributed by atoms with Crippen molar-refractivity contribution in [2.45, 2.75) is 6.54 Å². The van der Waals surface area contributed by atoms with Crippen molar-refractivity contribution in [3.8, 4) is 5.75 Å². The third-order valence-corrected chi connectivity index (χ3v) is 4.08. The van der Waals surface area contributed by atoms with E-state index in [0.29, 0.717) is 23.5 Å². The summed E-state index contributed by atoms with van der Waals surface area (Å²) in [5.74, 6) is 0.254. The van der Waals surface area contributed by atoms with Gasteiger partial charge in [0.1, 0.15) is 5.75 Å². The summed E-state index contributed by atoms with van der Waals surface area (Å²) in [5, 5.41) is 2.72. The molecule has 0 fully saturated rings. The zero-order valence-electron chi connectivity index (χ0n) is 14.6. The maximum Gasteiger partial charge on any atom is 0.262 e. The van der Waals surface area contributed by atoms with Crippen LogP contribution in [0.2, 0.25) is 0 Å². The Morgan fingerprint density at radius 1 is 1.12 bits per heavy atom. The van der Waals surface area contributed by atoms with E-state index < -0.39 is 0 Å². The molecule has 0 aliphatic carbocycles. The molecule has 0 bridgehead atoms. The minimum atomic E-state index is -0.216. The average molecular weight is 339 g/mol. The first kappa shape index (κ1) is 16.8. The summed E-state index contributed by atoms with van der Waals surface area (Å²) < 4.78 is 5.32. The fraction of sp³-hybridized carbons (Fsp3) is 0.263. The number of anilines is 2. The van der Waals surface area contributed by atoms with Crippen molar-refractivity contribution in [3.05, 3.63) is 53.6 Å². The van der Waals surface area contributed by atoms with Crippen LogP contribution in [0.4, 0.5) is 11.4 Å². The Balaban J connectivity index is 1.72. The molecule has 2 amide bonds. The van der Waals surface area contributed by atoms with Crippen molar-refractivity contribution in [2.75, 3.05) is 38.0 Å². The first-order valence-corrected chi connectivity index (χ1v) is 8.02. The van der Waals surface area contributed by atoms with E-state index in [-0.39, 0.29) is 18.4 Å². The fourth-order valence-electron chi connectivity index (χ4n) is 2.68. The molecule has 0 aromatic heterocycles. The van der Waals surface area contributed by atoms with Crippen molar-refractivity contribution in [3.63, 3.8) is 0 Å². The highest BCUT2D eigenvalue weighted by molar-refractivity contribution is 5.99. The number of hydrogen-bond donors (Lipinski definition) is 1. The van der Waals surface area contributed by atoms with Gasteiger partial charge < -0.3 is 19.9 Å². The number of ether oxygens (including phenoxy) is 1. The Morgan fingerprint density at radius 3 is 2.52 bits per heavy atom. The smallest absolute Gasteiger partial charge is 0.262 e. The number of nitrogens with zero attached hydrogens (tertiary/aromatic N) is 2. The summed E-state index contributed by atoms with van der Waals surface area (Å²) in [5.41, 5.74) is 3.21. The van der Waals surface area contributed by atoms with Crippen LogP contribution in [0.3, 0.4) is 0 Å². The molecule has 2 aromatic rings. The van der Waals surface area contributed by atoms with Gasteiger partial charge in [0.15, 0.2) is 6.61 Å². The van der Waals surface area contributed by atoms with Crippen molar-refractivity contribution in [2.24, 2.45) is 0 Å². The van der Waals surface area contributed by atoms with Crippen LogP contribution in [-0.4, -0.2) is 44.5 Å². The van der Waals surface area contributed by atoms with Crippen molar-refractivity contribution < 1.29 is 14.3 Å². The summed E-state index contributed by atoms with van der Waals surface area (Å²) in [6, 6.07) is 13.2. The molecular weight excluding hydrogens is 318 g/mol. The number of carbonyl (C=O) groups is 2. The van der Waals surface area contributed by atoms with Crippen LogP contribution in [0.1, 0.15) is 15.9 Å². The summed E-state index contributed by atoms with van der Waals surface area (Å²) in [6.07, 6.45) is 0. The zero-order valence-corrected chi connectivity index (χ0v) is 14.6. The summed E-state index contributed by atoms with van der Waals surface area (Å²) in [4.78, 5) is 27.8. The molecule has 25 heavy (non-hydrogen) atoms. The lowest BCUT2D eigenvalue weighted by Gasteiger charge is -2.21. The minimum absolute atomic E-state index is 0.00311. The predicted octanol–water partition coefficient (Wildman–Crippen LogP) is 2.36. The van der Waals surface area contributed by atoms with E-state index in [4.69, 9.17) is 4.74 Å². The Kier molecular flexibility index (Phi) is 4.61. The molecule has 1 aliphatic rings. The maximum atomic E-state index is 12.7. The first-order valence-electron chi connectivity index (χ1n) is 8.02. The number of rotatable bonds is 4. The molecule has 0 unspecified atom stereocenters. The third-order valence-electron chi connectivity index (χ3n) is 4.08. The molecule has 2 aromatic carbocycles. The molecule has 0 radical (unpaired) electrons. The molecule has 1 aliphatic heterocycles. The second-order valence-corrected chi connectivity index (χ2v) is 6.27. The second-order valence-electron chi connectivity index (χ2n) is 6.27. The molecule has 0 saturated carbocycles. The van der Waals surface area contributed by atoms with Crippen LogP contribution in [-0.2, 0) is 11.3 Å². The summed E-state index contributed by atoms with van der Waals surface area (Å²) >= 11 is 0. The van der Waals surface area contributed by atoms with E-state index in [1.807, 2.05) is 43.3 Å². The first-order chi connectivity index (χ1) is 11.9. The van der Waals surface area contributed by atoms with E-state index in [1.165, 1.54) is 0 Å². The van der Waals surface area contributed by atoms with Gasteiger partial charge >= 0.3 is 0 Å². The van der Waals surface area contributed by atoms with E-state index in [0.717, 1.165) is 11.3 Å². The highest BCUT2D eigenvalue weighted by Gasteiger charge is 2.19. The molecule has 3 rings (SSSR count). The van der Waals surface area contributed by atoms with Gasteiger partial charge in [-0.25, -0.2) is 0 Å². The molecule has 6 nitrogen and oxygen atoms in total. The number of hydrogen-bond acceptors (Lipinski definition) is 4. The quantitative estimate of drug-likeness (QED) is 0.929. The van der Waals surface area contributed by atoms with Crippen LogP contribution in [0.25, 0.3) is 0 Å². The highest BCUT2D eigenvalue weighted by Crippen LogP contribution is 2.29. The molecule has 1 heterocycles. The molecule has 0 saturated heterocycles. The van der Waals surface area contributed by atoms with Crippen LogP contribution in [0.15, 0.2) is 42.5 Å². The van der Waals surface area contributed by atoms with Gasteiger partial charge in [-0.1, -0.05) is 12.1 Å². The van der Waals surface area contributed by atoms with Crippen LogP contribution < -0.4 is 15.0 Å². The normalized spacial score (nSPS) is 12.7.